The molecule has 0 bridgehead atoms. The van der Waals surface area contributed by atoms with Crippen molar-refractivity contribution in [1.82, 2.24) is 0 Å². The zero-order valence-electron chi connectivity index (χ0n) is 11.4. The maximum absolute atomic E-state index is 11.4. The van der Waals surface area contributed by atoms with Gasteiger partial charge in [0.05, 0.1) is 16.6 Å². The van der Waals surface area contributed by atoms with Gasteiger partial charge in [-0.2, -0.15) is 0 Å². The van der Waals surface area contributed by atoms with E-state index in [2.05, 4.69) is 0 Å². The minimum absolute atomic E-state index is 0.149. The molecule has 0 aliphatic rings. The predicted molar refractivity (Wildman–Crippen MR) is 80.1 cm³/mol. The highest BCUT2D eigenvalue weighted by atomic mass is 35.5. The molecule has 0 saturated heterocycles. The minimum Gasteiger partial charge on any atom is -0.478 e. The van der Waals surface area contributed by atoms with E-state index in [0.717, 1.165) is 12.1 Å². The van der Waals surface area contributed by atoms with Crippen LogP contribution in [0.2, 0.25) is 5.02 Å². The number of halogens is 1. The summed E-state index contributed by atoms with van der Waals surface area (Å²) in [4.78, 5) is 33.0. The van der Waals surface area contributed by atoms with Crippen LogP contribution in [-0.2, 0) is 0 Å². The van der Waals surface area contributed by atoms with Crippen LogP contribution in [0.15, 0.2) is 36.4 Å². The molecule has 0 radical (unpaired) electrons. The molecule has 0 aliphatic carbocycles. The quantitative estimate of drug-likeness (QED) is 0.637. The van der Waals surface area contributed by atoms with Crippen molar-refractivity contribution in [2.45, 2.75) is 0 Å². The smallest absolute Gasteiger partial charge is 0.340 e. The lowest BCUT2D eigenvalue weighted by Crippen LogP contribution is -2.17. The summed E-state index contributed by atoms with van der Waals surface area (Å²) < 4.78 is 5.36. The third kappa shape index (κ3) is 3.55. The number of non-ortho nitro benzene ring substituents is 1. The van der Waals surface area contributed by atoms with Crippen molar-refractivity contribution in [2.75, 3.05) is 0 Å². The summed E-state index contributed by atoms with van der Waals surface area (Å²) in [7, 11) is 0. The van der Waals surface area contributed by atoms with Crippen LogP contribution in [0.5, 0.6) is 11.5 Å². The number of benzene rings is 2. The number of carboxylic acids is 1. The van der Waals surface area contributed by atoms with Gasteiger partial charge in [0.2, 0.25) is 5.91 Å². The van der Waals surface area contributed by atoms with Gasteiger partial charge in [0.15, 0.2) is 0 Å². The molecular formula is C14H9ClN2O6. The lowest BCUT2D eigenvalue weighted by molar-refractivity contribution is -0.384. The highest BCUT2D eigenvalue weighted by molar-refractivity contribution is 6.30. The van der Waals surface area contributed by atoms with Crippen molar-refractivity contribution in [3.63, 3.8) is 0 Å². The molecule has 9 heteroatoms. The molecule has 2 aromatic carbocycles. The number of aromatic carboxylic acids is 1. The monoisotopic (exact) mass is 336 g/mol. The number of hydrogen-bond acceptors (Lipinski definition) is 5. The van der Waals surface area contributed by atoms with Gasteiger partial charge in [0.1, 0.15) is 17.1 Å². The van der Waals surface area contributed by atoms with E-state index < -0.39 is 33.6 Å². The minimum atomic E-state index is -1.51. The van der Waals surface area contributed by atoms with E-state index in [1.807, 2.05) is 0 Å². The maximum atomic E-state index is 11.4. The number of nitro benzene ring substituents is 1. The van der Waals surface area contributed by atoms with Gasteiger partial charge in [-0.25, -0.2) is 4.79 Å². The van der Waals surface area contributed by atoms with Gasteiger partial charge in [-0.15, -0.1) is 0 Å². The third-order valence-corrected chi connectivity index (χ3v) is 3.04. The van der Waals surface area contributed by atoms with Crippen LogP contribution in [0, 0.1) is 10.1 Å². The van der Waals surface area contributed by atoms with Crippen LogP contribution in [0.4, 0.5) is 5.69 Å². The van der Waals surface area contributed by atoms with Crippen LogP contribution in [0.25, 0.3) is 0 Å². The summed E-state index contributed by atoms with van der Waals surface area (Å²) in [6, 6.07) is 7.66. The average Bonchev–Trinajstić information content (AvgIpc) is 2.45. The number of rotatable bonds is 5. The van der Waals surface area contributed by atoms with E-state index in [1.165, 1.54) is 12.1 Å². The Hall–Kier alpha value is -3.13. The normalized spacial score (nSPS) is 10.1. The molecule has 2 rings (SSSR count). The second kappa shape index (κ2) is 6.32. The molecule has 2 aromatic rings. The van der Waals surface area contributed by atoms with Gasteiger partial charge in [-0.3, -0.25) is 14.9 Å². The number of nitro groups is 1. The fraction of sp³-hybridized carbons (Fsp3) is 0. The van der Waals surface area contributed by atoms with Crippen molar-refractivity contribution in [3.8, 4) is 11.5 Å². The highest BCUT2D eigenvalue weighted by Crippen LogP contribution is 2.33. The maximum Gasteiger partial charge on any atom is 0.340 e. The van der Waals surface area contributed by atoms with Crippen LogP contribution in [0.1, 0.15) is 20.7 Å². The summed E-state index contributed by atoms with van der Waals surface area (Å²) in [5, 5.41) is 20.5. The zero-order valence-corrected chi connectivity index (χ0v) is 12.1. The number of carboxylic acid groups (broad SMARTS) is 1. The summed E-state index contributed by atoms with van der Waals surface area (Å²) in [5.74, 6) is -2.87. The van der Waals surface area contributed by atoms with Crippen molar-refractivity contribution in [3.05, 3.63) is 62.7 Å². The summed E-state index contributed by atoms with van der Waals surface area (Å²) in [5.41, 5.74) is 3.49. The molecule has 0 aromatic heterocycles. The summed E-state index contributed by atoms with van der Waals surface area (Å²) >= 11 is 5.80. The Bertz CT molecular complexity index is 821. The molecule has 118 valence electrons. The first-order chi connectivity index (χ1) is 10.8. The van der Waals surface area contributed by atoms with Gasteiger partial charge in [-0.05, 0) is 18.2 Å². The van der Waals surface area contributed by atoms with Crippen molar-refractivity contribution in [1.29, 1.82) is 0 Å². The molecule has 0 unspecified atom stereocenters. The first-order valence-electron chi connectivity index (χ1n) is 6.08. The molecule has 0 fully saturated rings. The Labute approximate surface area is 134 Å². The van der Waals surface area contributed by atoms with E-state index >= 15 is 0 Å². The Morgan fingerprint density at radius 3 is 2.48 bits per heavy atom. The van der Waals surface area contributed by atoms with Crippen molar-refractivity contribution in [2.24, 2.45) is 5.73 Å². The second-order valence-corrected chi connectivity index (χ2v) is 4.79. The molecule has 23 heavy (non-hydrogen) atoms. The van der Waals surface area contributed by atoms with Crippen LogP contribution < -0.4 is 10.5 Å². The molecule has 3 N–H and O–H groups in total. The molecular weight excluding hydrogens is 328 g/mol. The summed E-state index contributed by atoms with van der Waals surface area (Å²) in [6.07, 6.45) is 0. The number of primary amides is 1. The number of nitrogens with zero attached hydrogens (tertiary/aromatic N) is 1. The molecule has 1 amide bonds. The van der Waals surface area contributed by atoms with Crippen LogP contribution in [-0.4, -0.2) is 21.9 Å². The lowest BCUT2D eigenvalue weighted by atomic mass is 10.0. The number of hydrogen-bond donors (Lipinski definition) is 2. The second-order valence-electron chi connectivity index (χ2n) is 4.35. The van der Waals surface area contributed by atoms with Gasteiger partial charge in [0.25, 0.3) is 5.69 Å². The molecule has 8 nitrogen and oxygen atoms in total. The fourth-order valence-corrected chi connectivity index (χ4v) is 2.04. The standard InChI is InChI=1S/C14H9ClN2O6/c15-7-2-1-3-9(4-7)23-11-6-8(17(21)22)5-10(13(16)18)12(11)14(19)20/h1-6H,(H2,16,18)(H,19,20). The van der Waals surface area contributed by atoms with Gasteiger partial charge in [0, 0.05) is 11.1 Å². The van der Waals surface area contributed by atoms with Crippen molar-refractivity contribution < 1.29 is 24.4 Å². The van der Waals surface area contributed by atoms with Crippen LogP contribution in [0.3, 0.4) is 0 Å². The largest absolute Gasteiger partial charge is 0.478 e. The lowest BCUT2D eigenvalue weighted by Gasteiger charge is -2.11. The Kier molecular flexibility index (Phi) is 4.47. The van der Waals surface area contributed by atoms with Crippen molar-refractivity contribution >= 4 is 29.2 Å². The number of amides is 1. The predicted octanol–water partition coefficient (Wildman–Crippen LogP) is 2.84. The van der Waals surface area contributed by atoms with Gasteiger partial charge in [-0.1, -0.05) is 17.7 Å². The highest BCUT2D eigenvalue weighted by Gasteiger charge is 2.25. The molecule has 0 spiro atoms. The van der Waals surface area contributed by atoms with E-state index in [9.17, 15) is 24.8 Å². The molecule has 0 heterocycles. The number of carbonyl (C=O) groups is 2. The Balaban J connectivity index is 2.66. The Morgan fingerprint density at radius 2 is 1.96 bits per heavy atom. The van der Waals surface area contributed by atoms with E-state index in [1.54, 1.807) is 12.1 Å². The first-order valence-corrected chi connectivity index (χ1v) is 6.46. The Morgan fingerprint density at radius 1 is 1.26 bits per heavy atom. The van der Waals surface area contributed by atoms with Crippen LogP contribution >= 0.6 is 11.6 Å². The number of nitrogens with two attached hydrogens (primary N) is 1. The van der Waals surface area contributed by atoms with Gasteiger partial charge < -0.3 is 15.6 Å². The summed E-state index contributed by atoms with van der Waals surface area (Å²) in [6.45, 7) is 0. The molecule has 0 atom stereocenters. The molecule has 0 aliphatic heterocycles. The fourth-order valence-electron chi connectivity index (χ4n) is 1.86. The number of ether oxygens (including phenoxy) is 1. The van der Waals surface area contributed by atoms with Gasteiger partial charge >= 0.3 is 5.97 Å². The molecule has 0 saturated carbocycles. The van der Waals surface area contributed by atoms with E-state index in [0.29, 0.717) is 5.02 Å². The first kappa shape index (κ1) is 16.2. The third-order valence-electron chi connectivity index (χ3n) is 2.80. The number of carbonyl (C=O) groups excluding carboxylic acids is 1. The topological polar surface area (TPSA) is 133 Å². The SMILES string of the molecule is NC(=O)c1cc([N+](=O)[O-])cc(Oc2cccc(Cl)c2)c1C(=O)O. The zero-order chi connectivity index (χ0) is 17.1. The van der Waals surface area contributed by atoms with E-state index in [-0.39, 0.29) is 11.5 Å². The average molecular weight is 337 g/mol. The van der Waals surface area contributed by atoms with E-state index in [4.69, 9.17) is 22.1 Å².